The van der Waals surface area contributed by atoms with Gasteiger partial charge in [0.25, 0.3) is 0 Å². The first kappa shape index (κ1) is 19.2. The van der Waals surface area contributed by atoms with E-state index < -0.39 is 6.03 Å². The number of benzene rings is 1. The second kappa shape index (κ2) is 8.06. The Morgan fingerprint density at radius 2 is 1.97 bits per heavy atom. The second-order valence-corrected chi connectivity index (χ2v) is 7.34. The van der Waals surface area contributed by atoms with Gasteiger partial charge in [-0.05, 0) is 50.0 Å². The van der Waals surface area contributed by atoms with Gasteiger partial charge in [-0.2, -0.15) is 0 Å². The van der Waals surface area contributed by atoms with Crippen LogP contribution in [0, 0.1) is 0 Å². The van der Waals surface area contributed by atoms with E-state index in [1.807, 2.05) is 36.9 Å². The Balaban J connectivity index is 1.76. The summed E-state index contributed by atoms with van der Waals surface area (Å²) in [5.41, 5.74) is 8.83. The molecule has 0 atom stereocenters. The minimum Gasteiger partial charge on any atom is -0.378 e. The molecule has 9 nitrogen and oxygen atoms in total. The molecular formula is C20H25N7O2. The maximum Gasteiger partial charge on any atom is 0.316 e. The van der Waals surface area contributed by atoms with Gasteiger partial charge in [-0.3, -0.25) is 0 Å². The van der Waals surface area contributed by atoms with Crippen molar-refractivity contribution in [2.45, 2.75) is 6.54 Å². The molecule has 29 heavy (non-hydrogen) atoms. The average molecular weight is 395 g/mol. The van der Waals surface area contributed by atoms with Gasteiger partial charge in [-0.15, -0.1) is 5.10 Å². The van der Waals surface area contributed by atoms with E-state index in [4.69, 9.17) is 20.6 Å². The molecule has 3 N–H and O–H groups in total. The number of rotatable bonds is 5. The number of nitrogens with zero attached hydrogens (tertiary/aromatic N) is 5. The smallest absolute Gasteiger partial charge is 0.316 e. The number of fused-ring (bicyclic) bond motifs is 1. The second-order valence-electron chi connectivity index (χ2n) is 7.34. The summed E-state index contributed by atoms with van der Waals surface area (Å²) in [6, 6.07) is 8.88. The number of carbonyl (C=O) groups is 1. The molecule has 1 aliphatic rings. The minimum absolute atomic E-state index is 0.592. The molecule has 152 valence electrons. The normalized spacial score (nSPS) is 14.5. The fraction of sp³-hybridized carbons (Fsp3) is 0.350. The van der Waals surface area contributed by atoms with Crippen molar-refractivity contribution in [1.82, 2.24) is 19.5 Å². The number of hydrogen-bond acceptors (Lipinski definition) is 6. The predicted molar refractivity (Wildman–Crippen MR) is 112 cm³/mol. The summed E-state index contributed by atoms with van der Waals surface area (Å²) >= 11 is 0. The lowest BCUT2D eigenvalue weighted by atomic mass is 10.2. The molecule has 1 aromatic carbocycles. The van der Waals surface area contributed by atoms with Crippen molar-refractivity contribution in [2.24, 2.45) is 5.73 Å². The van der Waals surface area contributed by atoms with E-state index in [-0.39, 0.29) is 0 Å². The number of ether oxygens (including phenoxy) is 1. The molecule has 0 radical (unpaired) electrons. The molecular weight excluding hydrogens is 370 g/mol. The molecule has 4 rings (SSSR count). The van der Waals surface area contributed by atoms with E-state index in [2.05, 4.69) is 21.2 Å². The molecule has 0 saturated carbocycles. The molecule has 1 aliphatic heterocycles. The lowest BCUT2D eigenvalue weighted by molar-refractivity contribution is 0.122. The zero-order valence-corrected chi connectivity index (χ0v) is 16.6. The van der Waals surface area contributed by atoms with E-state index in [9.17, 15) is 4.79 Å². The van der Waals surface area contributed by atoms with Crippen LogP contribution in [-0.2, 0) is 11.3 Å². The number of carbonyl (C=O) groups excluding carboxylic acids is 1. The van der Waals surface area contributed by atoms with Crippen LogP contribution in [0.1, 0.15) is 5.56 Å². The van der Waals surface area contributed by atoms with Crippen molar-refractivity contribution in [1.29, 1.82) is 0 Å². The van der Waals surface area contributed by atoms with Gasteiger partial charge >= 0.3 is 6.03 Å². The summed E-state index contributed by atoms with van der Waals surface area (Å²) in [7, 11) is 4.09. The Hall–Kier alpha value is -3.17. The van der Waals surface area contributed by atoms with Crippen molar-refractivity contribution in [2.75, 3.05) is 50.6 Å². The Kier molecular flexibility index (Phi) is 5.32. The first-order valence-electron chi connectivity index (χ1n) is 9.53. The summed E-state index contributed by atoms with van der Waals surface area (Å²) in [6.07, 6.45) is 2.05. The van der Waals surface area contributed by atoms with Gasteiger partial charge in [0.15, 0.2) is 11.6 Å². The van der Waals surface area contributed by atoms with Crippen LogP contribution in [-0.4, -0.2) is 65.9 Å². The van der Waals surface area contributed by atoms with Crippen LogP contribution in [0.25, 0.3) is 16.9 Å². The van der Waals surface area contributed by atoms with E-state index in [0.717, 1.165) is 36.5 Å². The average Bonchev–Trinajstić information content (AvgIpc) is 3.09. The molecule has 0 bridgehead atoms. The third kappa shape index (κ3) is 4.30. The topological polar surface area (TPSA) is 101 Å². The highest BCUT2D eigenvalue weighted by molar-refractivity contribution is 5.88. The Bertz CT molecular complexity index is 1010. The number of nitrogens with one attached hydrogen (secondary N) is 1. The zero-order chi connectivity index (χ0) is 20.4. The molecule has 1 saturated heterocycles. The third-order valence-corrected chi connectivity index (χ3v) is 4.72. The number of aromatic nitrogens is 3. The molecule has 9 heteroatoms. The van der Waals surface area contributed by atoms with E-state index in [1.54, 1.807) is 12.1 Å². The first-order chi connectivity index (χ1) is 14.0. The van der Waals surface area contributed by atoms with E-state index >= 15 is 0 Å². The van der Waals surface area contributed by atoms with Crippen LogP contribution >= 0.6 is 0 Å². The number of primary amides is 1. The molecule has 0 unspecified atom stereocenters. The van der Waals surface area contributed by atoms with Gasteiger partial charge in [0.1, 0.15) is 5.52 Å². The highest BCUT2D eigenvalue weighted by Gasteiger charge is 2.19. The number of urea groups is 1. The lowest BCUT2D eigenvalue weighted by Gasteiger charge is -2.28. The number of amides is 2. The molecule has 2 aromatic heterocycles. The monoisotopic (exact) mass is 395 g/mol. The largest absolute Gasteiger partial charge is 0.378 e. The molecule has 1 fully saturated rings. The van der Waals surface area contributed by atoms with Crippen molar-refractivity contribution >= 4 is 23.1 Å². The highest BCUT2D eigenvalue weighted by Crippen LogP contribution is 2.26. The summed E-state index contributed by atoms with van der Waals surface area (Å²) in [5, 5.41) is 7.30. The zero-order valence-electron chi connectivity index (χ0n) is 16.6. The Labute approximate surface area is 169 Å². The minimum atomic E-state index is -0.592. The number of hydrogen-bond donors (Lipinski definition) is 2. The van der Waals surface area contributed by atoms with Crippen LogP contribution in [0.2, 0.25) is 0 Å². The molecule has 2 amide bonds. The SMILES string of the molecule is CN(C)Cc1cc2c(N3CCOCC3)nc(-c3ccc(NC(N)=O)cc3)nn2c1. The van der Waals surface area contributed by atoms with Gasteiger partial charge in [0.05, 0.1) is 13.2 Å². The molecule has 3 heterocycles. The van der Waals surface area contributed by atoms with E-state index in [1.165, 1.54) is 5.56 Å². The predicted octanol–water partition coefficient (Wildman–Crippen LogP) is 1.79. The van der Waals surface area contributed by atoms with Gasteiger partial charge < -0.3 is 25.6 Å². The van der Waals surface area contributed by atoms with Crippen LogP contribution in [0.4, 0.5) is 16.3 Å². The Morgan fingerprint density at radius 1 is 1.24 bits per heavy atom. The van der Waals surface area contributed by atoms with Crippen molar-refractivity contribution < 1.29 is 9.53 Å². The van der Waals surface area contributed by atoms with Gasteiger partial charge in [-0.25, -0.2) is 14.3 Å². The van der Waals surface area contributed by atoms with Crippen LogP contribution < -0.4 is 16.0 Å². The van der Waals surface area contributed by atoms with Crippen LogP contribution in [0.15, 0.2) is 36.5 Å². The van der Waals surface area contributed by atoms with Crippen molar-refractivity contribution in [3.05, 3.63) is 42.1 Å². The summed E-state index contributed by atoms with van der Waals surface area (Å²) < 4.78 is 7.41. The van der Waals surface area contributed by atoms with Gasteiger partial charge in [0.2, 0.25) is 0 Å². The maximum atomic E-state index is 11.0. The highest BCUT2D eigenvalue weighted by atomic mass is 16.5. The third-order valence-electron chi connectivity index (χ3n) is 4.72. The molecule has 0 spiro atoms. The number of nitrogens with two attached hydrogens (primary N) is 1. The van der Waals surface area contributed by atoms with Gasteiger partial charge in [-0.1, -0.05) is 0 Å². The summed E-state index contributed by atoms with van der Waals surface area (Å²) in [6.45, 7) is 3.78. The van der Waals surface area contributed by atoms with Crippen molar-refractivity contribution in [3.63, 3.8) is 0 Å². The molecule has 3 aromatic rings. The number of anilines is 2. The van der Waals surface area contributed by atoms with Crippen LogP contribution in [0.3, 0.4) is 0 Å². The van der Waals surface area contributed by atoms with Crippen LogP contribution in [0.5, 0.6) is 0 Å². The van der Waals surface area contributed by atoms with E-state index in [0.29, 0.717) is 24.7 Å². The molecule has 0 aliphatic carbocycles. The fourth-order valence-corrected chi connectivity index (χ4v) is 3.46. The summed E-state index contributed by atoms with van der Waals surface area (Å²) in [5.74, 6) is 1.53. The first-order valence-corrected chi connectivity index (χ1v) is 9.53. The van der Waals surface area contributed by atoms with Gasteiger partial charge in [0, 0.05) is 37.1 Å². The standard InChI is InChI=1S/C20H25N7O2/c1-25(2)12-14-11-17-19(26-7-9-29-10-8-26)23-18(24-27(17)13-14)15-3-5-16(6-4-15)22-20(21)28/h3-6,11,13H,7-10,12H2,1-2H3,(H3,21,22,28). The summed E-state index contributed by atoms with van der Waals surface area (Å²) in [4.78, 5) is 20.3. The maximum absolute atomic E-state index is 11.0. The van der Waals surface area contributed by atoms with Crippen molar-refractivity contribution in [3.8, 4) is 11.4 Å². The Morgan fingerprint density at radius 3 is 2.62 bits per heavy atom. The quantitative estimate of drug-likeness (QED) is 0.683. The lowest BCUT2D eigenvalue weighted by Crippen LogP contribution is -2.37. The fourth-order valence-electron chi connectivity index (χ4n) is 3.46. The number of morpholine rings is 1.